The largest absolute Gasteiger partial charge is 0.445 e. The van der Waals surface area contributed by atoms with E-state index in [0.29, 0.717) is 6.61 Å². The molecule has 1 aromatic carbocycles. The first-order valence-corrected chi connectivity index (χ1v) is 6.82. The number of alkyl halides is 1. The van der Waals surface area contributed by atoms with Crippen molar-refractivity contribution in [2.24, 2.45) is 0 Å². The Morgan fingerprint density at radius 1 is 1.44 bits per heavy atom. The van der Waals surface area contributed by atoms with E-state index >= 15 is 0 Å². The standard InChI is InChI=1S/C12H16INO2/c1-2-11(8-13)14-12(15)16-9-10-6-4-3-5-7-10/h3-7,11H,2,8-9H2,1H3,(H,14,15). The third-order valence-electron chi connectivity index (χ3n) is 2.21. The van der Waals surface area contributed by atoms with E-state index in [2.05, 4.69) is 27.9 Å². The van der Waals surface area contributed by atoms with Gasteiger partial charge < -0.3 is 10.1 Å². The summed E-state index contributed by atoms with van der Waals surface area (Å²) >= 11 is 2.25. The molecule has 0 radical (unpaired) electrons. The molecule has 0 bridgehead atoms. The Balaban J connectivity index is 2.30. The molecule has 1 aromatic rings. The number of alkyl carbamates (subject to hydrolysis) is 1. The van der Waals surface area contributed by atoms with Crippen LogP contribution in [0.5, 0.6) is 0 Å². The molecule has 3 nitrogen and oxygen atoms in total. The molecule has 0 aliphatic heterocycles. The molecule has 0 heterocycles. The van der Waals surface area contributed by atoms with Crippen molar-refractivity contribution < 1.29 is 9.53 Å². The van der Waals surface area contributed by atoms with Crippen LogP contribution in [-0.4, -0.2) is 16.6 Å². The quantitative estimate of drug-likeness (QED) is 0.664. The average Bonchev–Trinajstić information content (AvgIpc) is 2.34. The lowest BCUT2D eigenvalue weighted by atomic mass is 10.2. The summed E-state index contributed by atoms with van der Waals surface area (Å²) < 4.78 is 6.01. The fraction of sp³-hybridized carbons (Fsp3) is 0.417. The number of hydrogen-bond acceptors (Lipinski definition) is 2. The lowest BCUT2D eigenvalue weighted by Gasteiger charge is -2.13. The molecule has 1 atom stereocenters. The van der Waals surface area contributed by atoms with Gasteiger partial charge >= 0.3 is 6.09 Å². The first kappa shape index (κ1) is 13.3. The molecule has 0 saturated heterocycles. The Morgan fingerprint density at radius 2 is 2.12 bits per heavy atom. The Morgan fingerprint density at radius 3 is 2.69 bits per heavy atom. The second-order valence-electron chi connectivity index (χ2n) is 3.47. The van der Waals surface area contributed by atoms with Crippen LogP contribution in [0.25, 0.3) is 0 Å². The van der Waals surface area contributed by atoms with Crippen LogP contribution in [-0.2, 0) is 11.3 Å². The minimum absolute atomic E-state index is 0.198. The van der Waals surface area contributed by atoms with E-state index in [4.69, 9.17) is 4.74 Å². The number of carbonyl (C=O) groups excluding carboxylic acids is 1. The zero-order valence-corrected chi connectivity index (χ0v) is 11.4. The number of amides is 1. The van der Waals surface area contributed by atoms with Crippen molar-refractivity contribution in [3.05, 3.63) is 35.9 Å². The van der Waals surface area contributed by atoms with E-state index in [-0.39, 0.29) is 12.1 Å². The SMILES string of the molecule is CCC(CI)NC(=O)OCc1ccccc1. The first-order chi connectivity index (χ1) is 7.76. The Kier molecular flexibility index (Phi) is 6.22. The second kappa shape index (κ2) is 7.49. The van der Waals surface area contributed by atoms with Crippen LogP contribution in [0.2, 0.25) is 0 Å². The fourth-order valence-electron chi connectivity index (χ4n) is 1.18. The van der Waals surface area contributed by atoms with Crippen molar-refractivity contribution in [3.63, 3.8) is 0 Å². The molecule has 88 valence electrons. The maximum atomic E-state index is 11.4. The highest BCUT2D eigenvalue weighted by atomic mass is 127. The van der Waals surface area contributed by atoms with Gasteiger partial charge in [-0.2, -0.15) is 0 Å². The van der Waals surface area contributed by atoms with Gasteiger partial charge in [0.1, 0.15) is 6.61 Å². The molecular weight excluding hydrogens is 317 g/mol. The summed E-state index contributed by atoms with van der Waals surface area (Å²) in [5, 5.41) is 2.82. The maximum absolute atomic E-state index is 11.4. The lowest BCUT2D eigenvalue weighted by Crippen LogP contribution is -2.35. The summed E-state index contributed by atoms with van der Waals surface area (Å²) in [6, 6.07) is 9.86. The Bertz CT molecular complexity index is 312. The van der Waals surface area contributed by atoms with Crippen molar-refractivity contribution in [1.29, 1.82) is 0 Å². The number of carbonyl (C=O) groups is 1. The second-order valence-corrected chi connectivity index (χ2v) is 4.35. The third-order valence-corrected chi connectivity index (χ3v) is 3.28. The molecule has 4 heteroatoms. The normalized spacial score (nSPS) is 11.9. The zero-order valence-electron chi connectivity index (χ0n) is 9.28. The zero-order chi connectivity index (χ0) is 11.8. The Hall–Kier alpha value is -0.780. The molecular formula is C12H16INO2. The summed E-state index contributed by atoms with van der Waals surface area (Å²) in [5.41, 5.74) is 1.00. The van der Waals surface area contributed by atoms with Gasteiger partial charge in [0, 0.05) is 10.5 Å². The minimum atomic E-state index is -0.340. The van der Waals surface area contributed by atoms with Crippen molar-refractivity contribution in [1.82, 2.24) is 5.32 Å². The number of halogens is 1. The first-order valence-electron chi connectivity index (χ1n) is 5.29. The summed E-state index contributed by atoms with van der Waals surface area (Å²) in [6.45, 7) is 2.37. The van der Waals surface area contributed by atoms with Gasteiger partial charge in [-0.05, 0) is 12.0 Å². The van der Waals surface area contributed by atoms with Crippen LogP contribution in [0, 0.1) is 0 Å². The number of ether oxygens (including phenoxy) is 1. The van der Waals surface area contributed by atoms with Gasteiger partial charge in [0.05, 0.1) is 0 Å². The van der Waals surface area contributed by atoms with E-state index in [1.807, 2.05) is 37.3 Å². The van der Waals surface area contributed by atoms with Gasteiger partial charge in [0.2, 0.25) is 0 Å². The minimum Gasteiger partial charge on any atom is -0.445 e. The van der Waals surface area contributed by atoms with Gasteiger partial charge in [-0.3, -0.25) is 0 Å². The van der Waals surface area contributed by atoms with E-state index in [1.165, 1.54) is 0 Å². The van der Waals surface area contributed by atoms with Crippen LogP contribution < -0.4 is 5.32 Å². The number of hydrogen-bond donors (Lipinski definition) is 1. The molecule has 0 fully saturated rings. The summed E-state index contributed by atoms with van der Waals surface area (Å²) in [4.78, 5) is 11.4. The maximum Gasteiger partial charge on any atom is 0.407 e. The van der Waals surface area contributed by atoms with E-state index in [1.54, 1.807) is 0 Å². The molecule has 1 amide bonds. The van der Waals surface area contributed by atoms with E-state index in [0.717, 1.165) is 16.4 Å². The molecule has 0 spiro atoms. The van der Waals surface area contributed by atoms with Crippen LogP contribution in [0.1, 0.15) is 18.9 Å². The van der Waals surface area contributed by atoms with Gasteiger partial charge in [-0.25, -0.2) is 4.79 Å². The molecule has 16 heavy (non-hydrogen) atoms. The van der Waals surface area contributed by atoms with Crippen LogP contribution in [0.4, 0.5) is 4.79 Å². The molecule has 0 aromatic heterocycles. The van der Waals surface area contributed by atoms with Gasteiger partial charge in [-0.1, -0.05) is 59.8 Å². The highest BCUT2D eigenvalue weighted by molar-refractivity contribution is 14.1. The number of benzene rings is 1. The third kappa shape index (κ3) is 4.83. The summed E-state index contributed by atoms with van der Waals surface area (Å²) in [7, 11) is 0. The summed E-state index contributed by atoms with van der Waals surface area (Å²) in [6.07, 6.45) is 0.580. The van der Waals surface area contributed by atoms with E-state index < -0.39 is 0 Å². The molecule has 1 rings (SSSR count). The highest BCUT2D eigenvalue weighted by Gasteiger charge is 2.09. The number of nitrogens with one attached hydrogen (secondary N) is 1. The van der Waals surface area contributed by atoms with Gasteiger partial charge in [0.15, 0.2) is 0 Å². The Labute approximate surface area is 110 Å². The number of rotatable bonds is 5. The molecule has 0 aliphatic carbocycles. The predicted molar refractivity (Wildman–Crippen MR) is 72.7 cm³/mol. The lowest BCUT2D eigenvalue weighted by molar-refractivity contribution is 0.136. The average molecular weight is 333 g/mol. The van der Waals surface area contributed by atoms with Crippen molar-refractivity contribution in [2.45, 2.75) is 26.0 Å². The van der Waals surface area contributed by atoms with Crippen molar-refractivity contribution in [2.75, 3.05) is 4.43 Å². The summed E-state index contributed by atoms with van der Waals surface area (Å²) in [5.74, 6) is 0. The monoisotopic (exact) mass is 333 g/mol. The molecule has 0 saturated carbocycles. The fourth-order valence-corrected chi connectivity index (χ4v) is 2.02. The van der Waals surface area contributed by atoms with Gasteiger partial charge in [0.25, 0.3) is 0 Å². The van der Waals surface area contributed by atoms with Gasteiger partial charge in [-0.15, -0.1) is 0 Å². The molecule has 1 N–H and O–H groups in total. The van der Waals surface area contributed by atoms with Crippen LogP contribution in [0.15, 0.2) is 30.3 Å². The highest BCUT2D eigenvalue weighted by Crippen LogP contribution is 2.02. The molecule has 0 aliphatic rings. The predicted octanol–water partition coefficient (Wildman–Crippen LogP) is 3.13. The van der Waals surface area contributed by atoms with Crippen LogP contribution in [0.3, 0.4) is 0 Å². The smallest absolute Gasteiger partial charge is 0.407 e. The topological polar surface area (TPSA) is 38.3 Å². The van der Waals surface area contributed by atoms with Crippen LogP contribution >= 0.6 is 22.6 Å². The van der Waals surface area contributed by atoms with Crippen molar-refractivity contribution >= 4 is 28.7 Å². The molecule has 1 unspecified atom stereocenters. The van der Waals surface area contributed by atoms with E-state index in [9.17, 15) is 4.79 Å². The van der Waals surface area contributed by atoms with Crippen molar-refractivity contribution in [3.8, 4) is 0 Å².